The maximum atomic E-state index is 13.8. The Morgan fingerprint density at radius 1 is 0.967 bits per heavy atom. The largest absolute Gasteiger partial charge is 0.507 e. The van der Waals surface area contributed by atoms with Gasteiger partial charge in [-0.3, -0.25) is 14.5 Å². The quantitative estimate of drug-likeness (QED) is 0.386. The number of aryl methyl sites for hydroxylation is 1. The molecule has 30 heavy (non-hydrogen) atoms. The van der Waals surface area contributed by atoms with Crippen molar-refractivity contribution in [3.8, 4) is 0 Å². The zero-order valence-corrected chi connectivity index (χ0v) is 15.5. The van der Waals surface area contributed by atoms with Gasteiger partial charge in [-0.2, -0.15) is 0 Å². The Morgan fingerprint density at radius 2 is 1.67 bits per heavy atom. The van der Waals surface area contributed by atoms with Gasteiger partial charge in [-0.15, -0.1) is 0 Å². The second kappa shape index (κ2) is 7.22. The summed E-state index contributed by atoms with van der Waals surface area (Å²) in [4.78, 5) is 26.6. The molecule has 0 bridgehead atoms. The molecule has 3 aromatic rings. The standard InChI is InChI=1S/C22H14F3NO4/c1-11-2-9-17(30-11)19-18(20(27)12-3-5-13(23)6-4-12)21(28)22(29)26(19)14-7-8-15(24)16(25)10-14/h2-10,19,27H,1H3/b20-18-. The van der Waals surface area contributed by atoms with Crippen molar-refractivity contribution in [3.05, 3.63) is 94.7 Å². The van der Waals surface area contributed by atoms with Gasteiger partial charge in [0.1, 0.15) is 29.1 Å². The van der Waals surface area contributed by atoms with E-state index in [2.05, 4.69) is 0 Å². The lowest BCUT2D eigenvalue weighted by atomic mass is 9.99. The Balaban J connectivity index is 1.94. The first kappa shape index (κ1) is 19.5. The summed E-state index contributed by atoms with van der Waals surface area (Å²) in [6.07, 6.45) is 0. The van der Waals surface area contributed by atoms with Gasteiger partial charge in [0.2, 0.25) is 0 Å². The Morgan fingerprint density at radius 3 is 2.27 bits per heavy atom. The van der Waals surface area contributed by atoms with Gasteiger partial charge >= 0.3 is 0 Å². The monoisotopic (exact) mass is 413 g/mol. The fourth-order valence-electron chi connectivity index (χ4n) is 3.37. The topological polar surface area (TPSA) is 70.8 Å². The van der Waals surface area contributed by atoms with E-state index < -0.39 is 40.9 Å². The van der Waals surface area contributed by atoms with Gasteiger partial charge in [0.25, 0.3) is 11.7 Å². The molecule has 1 atom stereocenters. The summed E-state index contributed by atoms with van der Waals surface area (Å²) in [5.41, 5.74) is -0.299. The fourth-order valence-corrected chi connectivity index (χ4v) is 3.37. The van der Waals surface area contributed by atoms with E-state index in [1.165, 1.54) is 18.2 Å². The second-order valence-corrected chi connectivity index (χ2v) is 6.72. The van der Waals surface area contributed by atoms with Crippen LogP contribution in [0.25, 0.3) is 5.76 Å². The van der Waals surface area contributed by atoms with Crippen molar-refractivity contribution >= 4 is 23.1 Å². The Hall–Kier alpha value is -3.81. The molecule has 1 aliphatic heterocycles. The summed E-state index contributed by atoms with van der Waals surface area (Å²) in [5, 5.41) is 10.8. The van der Waals surface area contributed by atoms with Gasteiger partial charge in [0, 0.05) is 17.3 Å². The molecular formula is C22H14F3NO4. The van der Waals surface area contributed by atoms with Crippen LogP contribution in [0.4, 0.5) is 18.9 Å². The molecule has 4 rings (SSSR count). The zero-order chi connectivity index (χ0) is 21.6. The van der Waals surface area contributed by atoms with Crippen LogP contribution < -0.4 is 4.90 Å². The summed E-state index contributed by atoms with van der Waals surface area (Å²) in [6.45, 7) is 1.65. The highest BCUT2D eigenvalue weighted by molar-refractivity contribution is 6.51. The SMILES string of the molecule is Cc1ccc(C2/C(=C(/O)c3ccc(F)cc3)C(=O)C(=O)N2c2ccc(F)c(F)c2)o1. The molecule has 1 saturated heterocycles. The zero-order valence-electron chi connectivity index (χ0n) is 15.5. The molecule has 1 N–H and O–H groups in total. The van der Waals surface area contributed by atoms with Crippen molar-refractivity contribution in [2.24, 2.45) is 0 Å². The van der Waals surface area contributed by atoms with Crippen molar-refractivity contribution in [1.82, 2.24) is 0 Å². The number of amides is 1. The van der Waals surface area contributed by atoms with E-state index >= 15 is 0 Å². The minimum absolute atomic E-state index is 0.0896. The van der Waals surface area contributed by atoms with Gasteiger partial charge in [0.05, 0.1) is 5.57 Å². The van der Waals surface area contributed by atoms with Gasteiger partial charge in [0.15, 0.2) is 11.6 Å². The third-order valence-electron chi connectivity index (χ3n) is 4.77. The lowest BCUT2D eigenvalue weighted by molar-refractivity contribution is -0.132. The molecule has 1 aliphatic rings. The third-order valence-corrected chi connectivity index (χ3v) is 4.77. The predicted molar refractivity (Wildman–Crippen MR) is 101 cm³/mol. The van der Waals surface area contributed by atoms with Crippen molar-refractivity contribution in [3.63, 3.8) is 0 Å². The number of carbonyl (C=O) groups excluding carboxylic acids is 2. The van der Waals surface area contributed by atoms with E-state index in [0.717, 1.165) is 35.2 Å². The molecule has 1 fully saturated rings. The van der Waals surface area contributed by atoms with Crippen molar-refractivity contribution in [2.45, 2.75) is 13.0 Å². The highest BCUT2D eigenvalue weighted by atomic mass is 19.2. The number of aliphatic hydroxyl groups is 1. The van der Waals surface area contributed by atoms with E-state index in [1.54, 1.807) is 13.0 Å². The number of benzene rings is 2. The fraction of sp³-hybridized carbons (Fsp3) is 0.0909. The molecule has 152 valence electrons. The van der Waals surface area contributed by atoms with E-state index in [1.807, 2.05) is 0 Å². The third kappa shape index (κ3) is 3.16. The number of ketones is 1. The number of furan rings is 1. The van der Waals surface area contributed by atoms with Crippen LogP contribution in [0, 0.1) is 24.4 Å². The van der Waals surface area contributed by atoms with E-state index in [4.69, 9.17) is 4.42 Å². The molecule has 0 spiro atoms. The molecule has 1 amide bonds. The van der Waals surface area contributed by atoms with Crippen molar-refractivity contribution < 1.29 is 32.3 Å². The average Bonchev–Trinajstić information content (AvgIpc) is 3.25. The maximum absolute atomic E-state index is 13.8. The maximum Gasteiger partial charge on any atom is 0.300 e. The molecule has 5 nitrogen and oxygen atoms in total. The molecule has 8 heteroatoms. The summed E-state index contributed by atoms with van der Waals surface area (Å²) in [6, 6.07) is 9.31. The molecule has 0 saturated carbocycles. The first-order chi connectivity index (χ1) is 14.3. The molecule has 0 aliphatic carbocycles. The molecule has 2 aromatic carbocycles. The number of nitrogens with zero attached hydrogens (tertiary/aromatic N) is 1. The number of carbonyl (C=O) groups is 2. The number of rotatable bonds is 3. The lowest BCUT2D eigenvalue weighted by Gasteiger charge is -2.23. The van der Waals surface area contributed by atoms with Crippen molar-refractivity contribution in [1.29, 1.82) is 0 Å². The minimum Gasteiger partial charge on any atom is -0.507 e. The summed E-state index contributed by atoms with van der Waals surface area (Å²) in [5.74, 6) is -4.90. The minimum atomic E-state index is -1.23. The van der Waals surface area contributed by atoms with Gasteiger partial charge in [-0.05, 0) is 55.5 Å². The van der Waals surface area contributed by atoms with E-state index in [9.17, 15) is 27.9 Å². The number of hydrogen-bond donors (Lipinski definition) is 1. The number of hydrogen-bond acceptors (Lipinski definition) is 4. The van der Waals surface area contributed by atoms with Crippen LogP contribution in [0.2, 0.25) is 0 Å². The van der Waals surface area contributed by atoms with Crippen LogP contribution >= 0.6 is 0 Å². The van der Waals surface area contributed by atoms with Crippen LogP contribution in [-0.2, 0) is 9.59 Å². The average molecular weight is 413 g/mol. The molecule has 0 radical (unpaired) electrons. The van der Waals surface area contributed by atoms with Crippen molar-refractivity contribution in [2.75, 3.05) is 4.90 Å². The van der Waals surface area contributed by atoms with Crippen LogP contribution in [-0.4, -0.2) is 16.8 Å². The summed E-state index contributed by atoms with van der Waals surface area (Å²) < 4.78 is 46.1. The van der Waals surface area contributed by atoms with Gasteiger partial charge < -0.3 is 9.52 Å². The Kier molecular flexibility index (Phi) is 4.69. The Labute approximate surface area is 168 Å². The lowest BCUT2D eigenvalue weighted by Crippen LogP contribution is -2.29. The number of halogens is 3. The van der Waals surface area contributed by atoms with E-state index in [-0.39, 0.29) is 22.6 Å². The molecule has 2 heterocycles. The summed E-state index contributed by atoms with van der Waals surface area (Å²) >= 11 is 0. The predicted octanol–water partition coefficient (Wildman–Crippen LogP) is 4.63. The summed E-state index contributed by atoms with van der Waals surface area (Å²) in [7, 11) is 0. The van der Waals surface area contributed by atoms with Crippen LogP contribution in [0.1, 0.15) is 23.1 Å². The molecular weight excluding hydrogens is 399 g/mol. The van der Waals surface area contributed by atoms with Gasteiger partial charge in [-0.25, -0.2) is 13.2 Å². The smallest absolute Gasteiger partial charge is 0.300 e. The molecule has 1 aromatic heterocycles. The Bertz CT molecular complexity index is 1200. The van der Waals surface area contributed by atoms with Crippen LogP contribution in [0.3, 0.4) is 0 Å². The normalized spacial score (nSPS) is 18.3. The molecule has 1 unspecified atom stereocenters. The van der Waals surface area contributed by atoms with Crippen LogP contribution in [0.15, 0.2) is 64.6 Å². The van der Waals surface area contributed by atoms with Gasteiger partial charge in [-0.1, -0.05) is 0 Å². The number of Topliss-reactive ketones (excluding diaryl/α,β-unsaturated/α-hetero) is 1. The first-order valence-corrected chi connectivity index (χ1v) is 8.86. The number of anilines is 1. The highest BCUT2D eigenvalue weighted by Crippen LogP contribution is 2.42. The number of aliphatic hydroxyl groups excluding tert-OH is 1. The first-order valence-electron chi connectivity index (χ1n) is 8.86. The van der Waals surface area contributed by atoms with Crippen LogP contribution in [0.5, 0.6) is 0 Å². The highest BCUT2D eigenvalue weighted by Gasteiger charge is 2.48. The van der Waals surface area contributed by atoms with E-state index in [0.29, 0.717) is 5.76 Å². The second-order valence-electron chi connectivity index (χ2n) is 6.72.